The van der Waals surface area contributed by atoms with E-state index in [2.05, 4.69) is 15.6 Å². The molecule has 0 aliphatic carbocycles. The third-order valence-corrected chi connectivity index (χ3v) is 3.84. The van der Waals surface area contributed by atoms with Crippen LogP contribution in [0.5, 0.6) is 0 Å². The molecule has 132 valence electrons. The molecule has 0 radical (unpaired) electrons. The fraction of sp³-hybridized carbons (Fsp3) is 0.0476. The Morgan fingerprint density at radius 3 is 2.44 bits per heavy atom. The molecule has 6 heteroatoms. The van der Waals surface area contributed by atoms with Crippen LogP contribution >= 0.6 is 0 Å². The summed E-state index contributed by atoms with van der Waals surface area (Å²) >= 11 is 0. The van der Waals surface area contributed by atoms with E-state index in [1.54, 1.807) is 54.6 Å². The number of aromatic nitrogens is 1. The SMILES string of the molecule is CC(=O)c1cccc(Nc2cc(C(=O)Nc3ccc(C#N)cc3)ccn2)c1. The summed E-state index contributed by atoms with van der Waals surface area (Å²) in [5.41, 5.74) is 2.85. The molecule has 0 saturated heterocycles. The van der Waals surface area contributed by atoms with Crippen molar-refractivity contribution in [1.29, 1.82) is 5.26 Å². The van der Waals surface area contributed by atoms with E-state index in [9.17, 15) is 9.59 Å². The van der Waals surface area contributed by atoms with Crippen LogP contribution in [0.1, 0.15) is 33.2 Å². The van der Waals surface area contributed by atoms with E-state index in [0.29, 0.717) is 33.9 Å². The summed E-state index contributed by atoms with van der Waals surface area (Å²) in [5.74, 6) is 0.174. The number of hydrogen-bond acceptors (Lipinski definition) is 5. The number of nitriles is 1. The number of amides is 1. The van der Waals surface area contributed by atoms with Crippen molar-refractivity contribution in [1.82, 2.24) is 4.98 Å². The van der Waals surface area contributed by atoms with Gasteiger partial charge in [0.05, 0.1) is 11.6 Å². The lowest BCUT2D eigenvalue weighted by Crippen LogP contribution is -2.12. The summed E-state index contributed by atoms with van der Waals surface area (Å²) in [6, 6.07) is 18.9. The second-order valence-corrected chi connectivity index (χ2v) is 5.84. The number of carbonyl (C=O) groups excluding carboxylic acids is 2. The first-order valence-corrected chi connectivity index (χ1v) is 8.21. The highest BCUT2D eigenvalue weighted by atomic mass is 16.1. The van der Waals surface area contributed by atoms with Gasteiger partial charge in [0.2, 0.25) is 0 Å². The molecular formula is C21H16N4O2. The molecule has 2 N–H and O–H groups in total. The van der Waals surface area contributed by atoms with Gasteiger partial charge in [0.1, 0.15) is 5.82 Å². The Hall–Kier alpha value is -3.98. The third-order valence-electron chi connectivity index (χ3n) is 3.84. The molecule has 6 nitrogen and oxygen atoms in total. The number of ketones is 1. The Labute approximate surface area is 156 Å². The Morgan fingerprint density at radius 1 is 0.963 bits per heavy atom. The second kappa shape index (κ2) is 7.93. The van der Waals surface area contributed by atoms with Crippen LogP contribution in [-0.2, 0) is 0 Å². The molecule has 1 amide bonds. The van der Waals surface area contributed by atoms with Crippen molar-refractivity contribution in [2.24, 2.45) is 0 Å². The maximum absolute atomic E-state index is 12.4. The fourth-order valence-corrected chi connectivity index (χ4v) is 2.44. The van der Waals surface area contributed by atoms with Gasteiger partial charge in [-0.1, -0.05) is 12.1 Å². The number of Topliss-reactive ketones (excluding diaryl/α,β-unsaturated/α-hetero) is 1. The Bertz CT molecular complexity index is 1040. The molecule has 0 atom stereocenters. The number of hydrogen-bond donors (Lipinski definition) is 2. The van der Waals surface area contributed by atoms with E-state index in [1.165, 1.54) is 13.1 Å². The van der Waals surface area contributed by atoms with Crippen LogP contribution in [0, 0.1) is 11.3 Å². The highest BCUT2D eigenvalue weighted by Crippen LogP contribution is 2.18. The molecule has 0 bridgehead atoms. The number of carbonyl (C=O) groups is 2. The van der Waals surface area contributed by atoms with Gasteiger partial charge < -0.3 is 10.6 Å². The van der Waals surface area contributed by atoms with Gasteiger partial charge in [-0.25, -0.2) is 4.98 Å². The van der Waals surface area contributed by atoms with Gasteiger partial charge in [-0.05, 0) is 55.5 Å². The summed E-state index contributed by atoms with van der Waals surface area (Å²) in [7, 11) is 0. The van der Waals surface area contributed by atoms with E-state index in [0.717, 1.165) is 0 Å². The summed E-state index contributed by atoms with van der Waals surface area (Å²) in [6.45, 7) is 1.51. The van der Waals surface area contributed by atoms with Crippen LogP contribution in [0.2, 0.25) is 0 Å². The van der Waals surface area contributed by atoms with Gasteiger partial charge in [0, 0.05) is 28.7 Å². The van der Waals surface area contributed by atoms with Gasteiger partial charge >= 0.3 is 0 Å². The van der Waals surface area contributed by atoms with Gasteiger partial charge in [-0.2, -0.15) is 5.26 Å². The van der Waals surface area contributed by atoms with Gasteiger partial charge in [-0.15, -0.1) is 0 Å². The summed E-state index contributed by atoms with van der Waals surface area (Å²) in [6.07, 6.45) is 1.53. The first-order chi connectivity index (χ1) is 13.0. The minimum Gasteiger partial charge on any atom is -0.340 e. The Kier molecular flexibility index (Phi) is 5.24. The van der Waals surface area contributed by atoms with Crippen molar-refractivity contribution in [2.45, 2.75) is 6.92 Å². The molecule has 0 saturated carbocycles. The molecule has 0 spiro atoms. The smallest absolute Gasteiger partial charge is 0.255 e. The van der Waals surface area contributed by atoms with Crippen molar-refractivity contribution in [2.75, 3.05) is 10.6 Å². The molecule has 27 heavy (non-hydrogen) atoms. The van der Waals surface area contributed by atoms with Crippen LogP contribution in [0.15, 0.2) is 66.9 Å². The topological polar surface area (TPSA) is 94.9 Å². The number of nitrogens with one attached hydrogen (secondary N) is 2. The van der Waals surface area contributed by atoms with Gasteiger partial charge in [0.15, 0.2) is 5.78 Å². The minimum atomic E-state index is -0.289. The number of nitrogens with zero attached hydrogens (tertiary/aromatic N) is 2. The molecule has 1 aromatic heterocycles. The molecule has 1 heterocycles. The average Bonchev–Trinajstić information content (AvgIpc) is 2.69. The molecule has 0 aliphatic rings. The molecular weight excluding hydrogens is 340 g/mol. The zero-order valence-electron chi connectivity index (χ0n) is 14.6. The maximum atomic E-state index is 12.4. The standard InChI is InChI=1S/C21H16N4O2/c1-14(26)16-3-2-4-19(11-16)24-20-12-17(9-10-23-20)21(27)25-18-7-5-15(13-22)6-8-18/h2-12H,1H3,(H,23,24)(H,25,27). The predicted octanol–water partition coefficient (Wildman–Crippen LogP) is 4.15. The lowest BCUT2D eigenvalue weighted by molar-refractivity contribution is 0.101. The van der Waals surface area contributed by atoms with E-state index in [-0.39, 0.29) is 11.7 Å². The first-order valence-electron chi connectivity index (χ1n) is 8.21. The molecule has 0 aliphatic heterocycles. The zero-order chi connectivity index (χ0) is 19.2. The third kappa shape index (κ3) is 4.55. The van der Waals surface area contributed by atoms with Crippen molar-refractivity contribution >= 4 is 28.9 Å². The zero-order valence-corrected chi connectivity index (χ0v) is 14.6. The van der Waals surface area contributed by atoms with Gasteiger partial charge in [0.25, 0.3) is 5.91 Å². The fourth-order valence-electron chi connectivity index (χ4n) is 2.44. The molecule has 0 unspecified atom stereocenters. The van der Waals surface area contributed by atoms with Gasteiger partial charge in [-0.3, -0.25) is 9.59 Å². The van der Waals surface area contributed by atoms with E-state index in [4.69, 9.17) is 5.26 Å². The largest absolute Gasteiger partial charge is 0.340 e. The van der Waals surface area contributed by atoms with Crippen molar-refractivity contribution in [3.05, 3.63) is 83.6 Å². The van der Waals surface area contributed by atoms with E-state index in [1.807, 2.05) is 12.1 Å². The second-order valence-electron chi connectivity index (χ2n) is 5.84. The van der Waals surface area contributed by atoms with E-state index >= 15 is 0 Å². The Morgan fingerprint density at radius 2 is 1.74 bits per heavy atom. The van der Waals surface area contributed by atoms with E-state index < -0.39 is 0 Å². The first kappa shape index (κ1) is 17.8. The monoisotopic (exact) mass is 356 g/mol. The van der Waals surface area contributed by atoms with Crippen LogP contribution in [0.3, 0.4) is 0 Å². The number of rotatable bonds is 5. The average molecular weight is 356 g/mol. The summed E-state index contributed by atoms with van der Waals surface area (Å²) < 4.78 is 0. The summed E-state index contributed by atoms with van der Waals surface area (Å²) in [4.78, 5) is 28.1. The molecule has 0 fully saturated rings. The highest BCUT2D eigenvalue weighted by molar-refractivity contribution is 6.04. The molecule has 3 rings (SSSR count). The number of benzene rings is 2. The van der Waals surface area contributed by atoms with Crippen LogP contribution < -0.4 is 10.6 Å². The lowest BCUT2D eigenvalue weighted by atomic mass is 10.1. The summed E-state index contributed by atoms with van der Waals surface area (Å²) in [5, 5.41) is 14.7. The molecule has 2 aromatic carbocycles. The number of pyridine rings is 1. The van der Waals surface area contributed by atoms with Crippen molar-refractivity contribution in [3.63, 3.8) is 0 Å². The van der Waals surface area contributed by atoms with Crippen molar-refractivity contribution in [3.8, 4) is 6.07 Å². The maximum Gasteiger partial charge on any atom is 0.255 e. The highest BCUT2D eigenvalue weighted by Gasteiger charge is 2.08. The quantitative estimate of drug-likeness (QED) is 0.670. The molecule has 3 aromatic rings. The van der Waals surface area contributed by atoms with Crippen LogP contribution in [0.25, 0.3) is 0 Å². The van der Waals surface area contributed by atoms with Crippen LogP contribution in [0.4, 0.5) is 17.2 Å². The minimum absolute atomic E-state index is 0.0258. The number of anilines is 3. The predicted molar refractivity (Wildman–Crippen MR) is 103 cm³/mol. The normalized spacial score (nSPS) is 9.93. The lowest BCUT2D eigenvalue weighted by Gasteiger charge is -2.09. The van der Waals surface area contributed by atoms with Crippen LogP contribution in [-0.4, -0.2) is 16.7 Å². The Balaban J connectivity index is 1.74. The van der Waals surface area contributed by atoms with Crippen molar-refractivity contribution < 1.29 is 9.59 Å².